The lowest BCUT2D eigenvalue weighted by Crippen LogP contribution is -2.30. The Labute approximate surface area is 144 Å². The van der Waals surface area contributed by atoms with E-state index >= 15 is 0 Å². The molecule has 0 saturated carbocycles. The number of amides is 3. The molecular weight excluding hydrogens is 320 g/mol. The van der Waals surface area contributed by atoms with Crippen molar-refractivity contribution in [3.8, 4) is 0 Å². The Hall–Kier alpha value is -3.25. The summed E-state index contributed by atoms with van der Waals surface area (Å²) >= 11 is 0. The smallest absolute Gasteiger partial charge is 0.285 e. The highest BCUT2D eigenvalue weighted by Crippen LogP contribution is 2.24. The summed E-state index contributed by atoms with van der Waals surface area (Å²) < 4.78 is 0. The number of benzene rings is 2. The third-order valence-corrected chi connectivity index (χ3v) is 3.73. The molecule has 0 saturated heterocycles. The third kappa shape index (κ3) is 3.34. The van der Waals surface area contributed by atoms with E-state index in [0.717, 1.165) is 5.56 Å². The van der Waals surface area contributed by atoms with Crippen LogP contribution in [-0.2, 0) is 11.4 Å². The van der Waals surface area contributed by atoms with Crippen LogP contribution in [0.5, 0.6) is 0 Å². The first-order valence-corrected chi connectivity index (χ1v) is 7.70. The van der Waals surface area contributed by atoms with Crippen molar-refractivity contribution in [2.45, 2.75) is 6.54 Å². The maximum Gasteiger partial charge on any atom is 0.285 e. The molecule has 1 heterocycles. The van der Waals surface area contributed by atoms with Gasteiger partial charge in [-0.1, -0.05) is 36.4 Å². The van der Waals surface area contributed by atoms with E-state index in [1.807, 2.05) is 30.3 Å². The van der Waals surface area contributed by atoms with Crippen molar-refractivity contribution in [1.82, 2.24) is 10.4 Å². The fourth-order valence-corrected chi connectivity index (χ4v) is 2.48. The number of carbonyl (C=O) groups excluding carboxylic acids is 3. The molecule has 126 valence electrons. The first-order valence-electron chi connectivity index (χ1n) is 7.70. The van der Waals surface area contributed by atoms with Crippen LogP contribution in [0, 0.1) is 0 Å². The monoisotopic (exact) mass is 336 g/mol. The van der Waals surface area contributed by atoms with Crippen molar-refractivity contribution in [3.63, 3.8) is 0 Å². The molecule has 0 radical (unpaired) electrons. The molecule has 0 spiro atoms. The normalized spacial score (nSPS) is 12.9. The maximum atomic E-state index is 12.3. The summed E-state index contributed by atoms with van der Waals surface area (Å²) in [6.45, 7) is 3.89. The molecular formula is C19H16N2O4. The molecule has 0 bridgehead atoms. The molecule has 1 N–H and O–H groups in total. The SMILES string of the molecule is C=CCON1C(=O)c2ccc(C(=O)NCc3ccccc3)cc2C1=O. The van der Waals surface area contributed by atoms with E-state index in [-0.39, 0.29) is 23.6 Å². The molecule has 1 aliphatic rings. The van der Waals surface area contributed by atoms with Crippen LogP contribution in [0.1, 0.15) is 36.6 Å². The Morgan fingerprint density at radius 3 is 2.52 bits per heavy atom. The number of hydrogen-bond donors (Lipinski definition) is 1. The van der Waals surface area contributed by atoms with Crippen LogP contribution in [0.2, 0.25) is 0 Å². The second-order valence-corrected chi connectivity index (χ2v) is 5.42. The van der Waals surface area contributed by atoms with Gasteiger partial charge < -0.3 is 5.32 Å². The van der Waals surface area contributed by atoms with Crippen LogP contribution >= 0.6 is 0 Å². The van der Waals surface area contributed by atoms with Gasteiger partial charge in [0.05, 0.1) is 17.7 Å². The fraction of sp³-hybridized carbons (Fsp3) is 0.105. The predicted octanol–water partition coefficient (Wildman–Crippen LogP) is 2.33. The largest absolute Gasteiger partial charge is 0.348 e. The minimum absolute atomic E-state index is 0.0376. The highest BCUT2D eigenvalue weighted by atomic mass is 16.7. The predicted molar refractivity (Wildman–Crippen MR) is 90.7 cm³/mol. The highest BCUT2D eigenvalue weighted by molar-refractivity contribution is 6.21. The molecule has 2 aromatic rings. The van der Waals surface area contributed by atoms with E-state index in [2.05, 4.69) is 11.9 Å². The first kappa shape index (κ1) is 16.6. The molecule has 1 aliphatic heterocycles. The molecule has 0 aliphatic carbocycles. The van der Waals surface area contributed by atoms with Gasteiger partial charge in [0.2, 0.25) is 0 Å². The molecule has 0 atom stereocenters. The van der Waals surface area contributed by atoms with Gasteiger partial charge in [-0.3, -0.25) is 19.2 Å². The number of imide groups is 1. The van der Waals surface area contributed by atoms with Crippen LogP contribution in [0.3, 0.4) is 0 Å². The van der Waals surface area contributed by atoms with Gasteiger partial charge in [-0.2, -0.15) is 0 Å². The van der Waals surface area contributed by atoms with E-state index in [1.54, 1.807) is 0 Å². The summed E-state index contributed by atoms with van der Waals surface area (Å²) in [6, 6.07) is 13.9. The zero-order valence-corrected chi connectivity index (χ0v) is 13.4. The summed E-state index contributed by atoms with van der Waals surface area (Å²) in [5.74, 6) is -1.45. The molecule has 6 heteroatoms. The van der Waals surface area contributed by atoms with Gasteiger partial charge in [0.25, 0.3) is 17.7 Å². The van der Waals surface area contributed by atoms with Crippen LogP contribution in [0.15, 0.2) is 61.2 Å². The Morgan fingerprint density at radius 1 is 1.08 bits per heavy atom. The second kappa shape index (κ2) is 7.11. The van der Waals surface area contributed by atoms with Gasteiger partial charge in [-0.25, -0.2) is 0 Å². The number of carbonyl (C=O) groups is 3. The minimum Gasteiger partial charge on any atom is -0.348 e. The number of nitrogens with zero attached hydrogens (tertiary/aromatic N) is 1. The molecule has 0 aromatic heterocycles. The van der Waals surface area contributed by atoms with Gasteiger partial charge in [0.1, 0.15) is 0 Å². The summed E-state index contributed by atoms with van der Waals surface area (Å²) in [7, 11) is 0. The summed E-state index contributed by atoms with van der Waals surface area (Å²) in [6.07, 6.45) is 1.44. The molecule has 2 aromatic carbocycles. The van der Waals surface area contributed by atoms with E-state index in [0.29, 0.717) is 17.2 Å². The van der Waals surface area contributed by atoms with Crippen LogP contribution in [0.25, 0.3) is 0 Å². The Kier molecular flexibility index (Phi) is 4.72. The molecule has 3 rings (SSSR count). The molecule has 0 fully saturated rings. The van der Waals surface area contributed by atoms with Crippen LogP contribution in [0.4, 0.5) is 0 Å². The molecule has 6 nitrogen and oxygen atoms in total. The maximum absolute atomic E-state index is 12.3. The summed E-state index contributed by atoms with van der Waals surface area (Å²) in [4.78, 5) is 41.8. The van der Waals surface area contributed by atoms with Crippen molar-refractivity contribution in [2.24, 2.45) is 0 Å². The second-order valence-electron chi connectivity index (χ2n) is 5.42. The fourth-order valence-electron chi connectivity index (χ4n) is 2.48. The topological polar surface area (TPSA) is 75.7 Å². The standard InChI is InChI=1S/C19H16N2O4/c1-2-10-25-21-18(23)15-9-8-14(11-16(15)19(21)24)17(22)20-12-13-6-4-3-5-7-13/h2-9,11H,1,10,12H2,(H,20,22). The molecule has 0 unspecified atom stereocenters. The third-order valence-electron chi connectivity index (χ3n) is 3.73. The van der Waals surface area contributed by atoms with Gasteiger partial charge >= 0.3 is 0 Å². The van der Waals surface area contributed by atoms with Gasteiger partial charge in [-0.05, 0) is 23.8 Å². The lowest BCUT2D eigenvalue weighted by Gasteiger charge is -2.10. The average molecular weight is 336 g/mol. The Morgan fingerprint density at radius 2 is 1.80 bits per heavy atom. The van der Waals surface area contributed by atoms with Crippen molar-refractivity contribution >= 4 is 17.7 Å². The zero-order valence-electron chi connectivity index (χ0n) is 13.4. The number of hydrogen-bond acceptors (Lipinski definition) is 4. The number of rotatable bonds is 6. The van der Waals surface area contributed by atoms with E-state index in [9.17, 15) is 14.4 Å². The summed E-state index contributed by atoms with van der Waals surface area (Å²) in [5.41, 5.74) is 1.64. The van der Waals surface area contributed by atoms with Crippen molar-refractivity contribution in [3.05, 3.63) is 83.4 Å². The average Bonchev–Trinajstić information content (AvgIpc) is 2.89. The van der Waals surface area contributed by atoms with Crippen LogP contribution in [-0.4, -0.2) is 29.4 Å². The number of nitrogens with one attached hydrogen (secondary N) is 1. The van der Waals surface area contributed by atoms with Gasteiger partial charge in [0, 0.05) is 12.1 Å². The van der Waals surface area contributed by atoms with E-state index < -0.39 is 11.8 Å². The van der Waals surface area contributed by atoms with E-state index in [4.69, 9.17) is 4.84 Å². The number of hydroxylamine groups is 2. The molecule has 25 heavy (non-hydrogen) atoms. The summed E-state index contributed by atoms with van der Waals surface area (Å²) in [5, 5.41) is 3.48. The first-order chi connectivity index (χ1) is 12.1. The quantitative estimate of drug-likeness (QED) is 0.649. The van der Waals surface area contributed by atoms with Gasteiger partial charge in [0.15, 0.2) is 0 Å². The van der Waals surface area contributed by atoms with E-state index in [1.165, 1.54) is 24.3 Å². The Bertz CT molecular complexity index is 846. The van der Waals surface area contributed by atoms with Gasteiger partial charge in [-0.15, -0.1) is 11.6 Å². The lowest BCUT2D eigenvalue weighted by molar-refractivity contribution is -0.0801. The zero-order chi connectivity index (χ0) is 17.8. The number of fused-ring (bicyclic) bond motifs is 1. The van der Waals surface area contributed by atoms with Crippen molar-refractivity contribution in [2.75, 3.05) is 6.61 Å². The van der Waals surface area contributed by atoms with Crippen LogP contribution < -0.4 is 5.32 Å². The highest BCUT2D eigenvalue weighted by Gasteiger charge is 2.37. The van der Waals surface area contributed by atoms with Crippen molar-refractivity contribution in [1.29, 1.82) is 0 Å². The molecule has 3 amide bonds. The Balaban J connectivity index is 1.75. The lowest BCUT2D eigenvalue weighted by atomic mass is 10.1. The van der Waals surface area contributed by atoms with Crippen molar-refractivity contribution < 1.29 is 19.2 Å². The minimum atomic E-state index is -0.584.